The summed E-state index contributed by atoms with van der Waals surface area (Å²) in [6.45, 7) is 3.54. The number of nitrogens with one attached hydrogen (secondary N) is 1. The standard InChI is InChI=1S/C18H26N2O2/c1-21-16-5-6-17(22-2)18-13(16)7-9-20-11-12-4-3-8-19-14(12)10-15(18)20/h5-6,12,14-15,19H,3-4,7-11H2,1-2H3/t12-,14+,15-/m1/s1. The zero-order valence-corrected chi connectivity index (χ0v) is 13.6. The molecule has 3 atom stereocenters. The normalized spacial score (nSPS) is 30.9. The first-order valence-corrected chi connectivity index (χ1v) is 8.53. The summed E-state index contributed by atoms with van der Waals surface area (Å²) in [6, 6.07) is 5.26. The van der Waals surface area contributed by atoms with E-state index in [2.05, 4.69) is 22.3 Å². The minimum absolute atomic E-state index is 0.473. The van der Waals surface area contributed by atoms with Gasteiger partial charge in [-0.3, -0.25) is 4.90 Å². The van der Waals surface area contributed by atoms with Crippen LogP contribution in [0.5, 0.6) is 11.5 Å². The van der Waals surface area contributed by atoms with Gasteiger partial charge in [0.15, 0.2) is 0 Å². The lowest BCUT2D eigenvalue weighted by Gasteiger charge is -2.49. The average molecular weight is 302 g/mol. The highest BCUT2D eigenvalue weighted by Gasteiger charge is 2.41. The summed E-state index contributed by atoms with van der Waals surface area (Å²) in [6.07, 6.45) is 4.97. The number of methoxy groups -OCH3 is 2. The minimum atomic E-state index is 0.473. The minimum Gasteiger partial charge on any atom is -0.496 e. The Morgan fingerprint density at radius 1 is 1.18 bits per heavy atom. The van der Waals surface area contributed by atoms with Gasteiger partial charge in [0.1, 0.15) is 11.5 Å². The summed E-state index contributed by atoms with van der Waals surface area (Å²) in [7, 11) is 3.56. The molecule has 0 saturated carbocycles. The molecular weight excluding hydrogens is 276 g/mol. The van der Waals surface area contributed by atoms with E-state index >= 15 is 0 Å². The number of hydrogen-bond donors (Lipinski definition) is 1. The summed E-state index contributed by atoms with van der Waals surface area (Å²) in [4.78, 5) is 2.68. The van der Waals surface area contributed by atoms with Crippen LogP contribution in [0.25, 0.3) is 0 Å². The summed E-state index contributed by atoms with van der Waals surface area (Å²) in [5.41, 5.74) is 2.73. The number of nitrogens with zero attached hydrogens (tertiary/aromatic N) is 1. The van der Waals surface area contributed by atoms with Crippen molar-refractivity contribution in [2.75, 3.05) is 33.9 Å². The van der Waals surface area contributed by atoms with E-state index < -0.39 is 0 Å². The molecule has 2 fully saturated rings. The second-order valence-corrected chi connectivity index (χ2v) is 6.82. The van der Waals surface area contributed by atoms with Gasteiger partial charge < -0.3 is 14.8 Å². The van der Waals surface area contributed by atoms with E-state index in [4.69, 9.17) is 9.47 Å². The fraction of sp³-hybridized carbons (Fsp3) is 0.667. The second-order valence-electron chi connectivity index (χ2n) is 6.82. The van der Waals surface area contributed by atoms with Gasteiger partial charge in [-0.25, -0.2) is 0 Å². The molecule has 1 aromatic carbocycles. The maximum absolute atomic E-state index is 5.69. The number of fused-ring (bicyclic) bond motifs is 4. The summed E-state index contributed by atoms with van der Waals surface area (Å²) >= 11 is 0. The van der Waals surface area contributed by atoms with E-state index in [0.717, 1.165) is 30.4 Å². The van der Waals surface area contributed by atoms with Crippen LogP contribution in [-0.2, 0) is 6.42 Å². The Morgan fingerprint density at radius 2 is 2.00 bits per heavy atom. The van der Waals surface area contributed by atoms with Crippen molar-refractivity contribution in [1.82, 2.24) is 10.2 Å². The van der Waals surface area contributed by atoms with Gasteiger partial charge in [-0.05, 0) is 50.3 Å². The third-order valence-corrected chi connectivity index (χ3v) is 5.81. The van der Waals surface area contributed by atoms with Gasteiger partial charge in [0.05, 0.1) is 14.2 Å². The molecule has 4 heteroatoms. The van der Waals surface area contributed by atoms with Crippen LogP contribution in [-0.4, -0.2) is 44.8 Å². The molecule has 3 heterocycles. The third kappa shape index (κ3) is 2.20. The topological polar surface area (TPSA) is 33.7 Å². The molecule has 1 N–H and O–H groups in total. The number of benzene rings is 1. The summed E-state index contributed by atoms with van der Waals surface area (Å²) in [5, 5.41) is 3.75. The molecule has 2 saturated heterocycles. The molecule has 4 nitrogen and oxygen atoms in total. The Balaban J connectivity index is 1.73. The maximum atomic E-state index is 5.69. The summed E-state index contributed by atoms with van der Waals surface area (Å²) in [5.74, 6) is 2.87. The molecule has 4 rings (SSSR count). The zero-order chi connectivity index (χ0) is 15.1. The molecule has 0 radical (unpaired) electrons. The van der Waals surface area contributed by atoms with Crippen molar-refractivity contribution in [1.29, 1.82) is 0 Å². The quantitative estimate of drug-likeness (QED) is 0.909. The van der Waals surface area contributed by atoms with Crippen molar-refractivity contribution < 1.29 is 9.47 Å². The first-order valence-electron chi connectivity index (χ1n) is 8.53. The van der Waals surface area contributed by atoms with E-state index in [0.29, 0.717) is 12.1 Å². The predicted octanol–water partition coefficient (Wildman–Crippen LogP) is 2.37. The lowest BCUT2D eigenvalue weighted by Crippen LogP contribution is -2.54. The largest absolute Gasteiger partial charge is 0.496 e. The molecule has 3 aliphatic heterocycles. The SMILES string of the molecule is COc1ccc(OC)c2c1CCN1C[C@H]3CCCN[C@H]3C[C@H]21. The average Bonchev–Trinajstić information content (AvgIpc) is 2.58. The monoisotopic (exact) mass is 302 g/mol. The van der Waals surface area contributed by atoms with Gasteiger partial charge in [-0.2, -0.15) is 0 Å². The second kappa shape index (κ2) is 5.74. The smallest absolute Gasteiger partial charge is 0.124 e. The number of ether oxygens (including phenoxy) is 2. The Morgan fingerprint density at radius 3 is 2.82 bits per heavy atom. The predicted molar refractivity (Wildman–Crippen MR) is 86.7 cm³/mol. The van der Waals surface area contributed by atoms with E-state index in [1.54, 1.807) is 14.2 Å². The Kier molecular flexibility index (Phi) is 3.74. The molecule has 0 spiro atoms. The van der Waals surface area contributed by atoms with Crippen molar-refractivity contribution in [3.8, 4) is 11.5 Å². The highest BCUT2D eigenvalue weighted by Crippen LogP contribution is 2.46. The molecular formula is C18H26N2O2. The van der Waals surface area contributed by atoms with Crippen LogP contribution < -0.4 is 14.8 Å². The first kappa shape index (κ1) is 14.3. The Bertz CT molecular complexity index is 560. The third-order valence-electron chi connectivity index (χ3n) is 5.81. The highest BCUT2D eigenvalue weighted by atomic mass is 16.5. The van der Waals surface area contributed by atoms with Crippen LogP contribution in [0, 0.1) is 5.92 Å². The molecule has 1 aromatic rings. The molecule has 0 amide bonds. The number of hydrogen-bond acceptors (Lipinski definition) is 4. The molecule has 3 aliphatic rings. The molecule has 0 aliphatic carbocycles. The van der Waals surface area contributed by atoms with E-state index in [1.807, 2.05) is 0 Å². The fourth-order valence-electron chi connectivity index (χ4n) is 4.75. The number of rotatable bonds is 2. The van der Waals surface area contributed by atoms with Gasteiger partial charge >= 0.3 is 0 Å². The molecule has 0 bridgehead atoms. The van der Waals surface area contributed by atoms with Crippen molar-refractivity contribution in [3.63, 3.8) is 0 Å². The van der Waals surface area contributed by atoms with Crippen molar-refractivity contribution in [2.24, 2.45) is 5.92 Å². The molecule has 120 valence electrons. The van der Waals surface area contributed by atoms with Crippen LogP contribution >= 0.6 is 0 Å². The highest BCUT2D eigenvalue weighted by molar-refractivity contribution is 5.52. The van der Waals surface area contributed by atoms with E-state index in [-0.39, 0.29) is 0 Å². The van der Waals surface area contributed by atoms with Crippen LogP contribution in [0.15, 0.2) is 12.1 Å². The summed E-state index contributed by atoms with van der Waals surface area (Å²) < 4.78 is 11.3. The van der Waals surface area contributed by atoms with E-state index in [9.17, 15) is 0 Å². The van der Waals surface area contributed by atoms with Crippen molar-refractivity contribution in [2.45, 2.75) is 37.8 Å². The van der Waals surface area contributed by atoms with Gasteiger partial charge in [0, 0.05) is 36.3 Å². The van der Waals surface area contributed by atoms with Crippen molar-refractivity contribution in [3.05, 3.63) is 23.3 Å². The van der Waals surface area contributed by atoms with Gasteiger partial charge in [-0.1, -0.05) is 0 Å². The van der Waals surface area contributed by atoms with Crippen LogP contribution in [0.3, 0.4) is 0 Å². The number of piperidine rings is 2. The molecule has 22 heavy (non-hydrogen) atoms. The first-order chi connectivity index (χ1) is 10.8. The zero-order valence-electron chi connectivity index (χ0n) is 13.6. The Hall–Kier alpha value is -1.26. The maximum Gasteiger partial charge on any atom is 0.124 e. The van der Waals surface area contributed by atoms with Gasteiger partial charge in [0.25, 0.3) is 0 Å². The molecule has 0 aromatic heterocycles. The molecule has 0 unspecified atom stereocenters. The Labute approximate surface area is 132 Å². The van der Waals surface area contributed by atoms with Crippen LogP contribution in [0.1, 0.15) is 36.4 Å². The van der Waals surface area contributed by atoms with Gasteiger partial charge in [0.2, 0.25) is 0 Å². The van der Waals surface area contributed by atoms with Crippen molar-refractivity contribution >= 4 is 0 Å². The van der Waals surface area contributed by atoms with E-state index in [1.165, 1.54) is 43.5 Å². The fourth-order valence-corrected chi connectivity index (χ4v) is 4.75. The van der Waals surface area contributed by atoms with Crippen LogP contribution in [0.4, 0.5) is 0 Å². The van der Waals surface area contributed by atoms with Gasteiger partial charge in [-0.15, -0.1) is 0 Å². The lowest BCUT2D eigenvalue weighted by molar-refractivity contribution is 0.0533. The van der Waals surface area contributed by atoms with Crippen LogP contribution in [0.2, 0.25) is 0 Å². The lowest BCUT2D eigenvalue weighted by atomic mass is 9.77.